The molecular formula is C11H13BrINO2. The normalized spacial score (nSPS) is 12.2. The molecule has 1 atom stereocenters. The third-order valence-corrected chi connectivity index (χ3v) is 3.85. The van der Waals surface area contributed by atoms with Gasteiger partial charge in [0, 0.05) is 15.4 Å². The summed E-state index contributed by atoms with van der Waals surface area (Å²) in [7, 11) is 0. The minimum absolute atomic E-state index is 0.0180. The third-order valence-electron chi connectivity index (χ3n) is 2.08. The second kappa shape index (κ2) is 6.44. The zero-order valence-corrected chi connectivity index (χ0v) is 12.6. The van der Waals surface area contributed by atoms with Crippen molar-refractivity contribution in [3.8, 4) is 5.75 Å². The predicted octanol–water partition coefficient (Wildman–Crippen LogP) is 2.76. The fraction of sp³-hybridized carbons (Fsp3) is 0.364. The molecule has 0 bridgehead atoms. The molecule has 0 aliphatic carbocycles. The van der Waals surface area contributed by atoms with Crippen LogP contribution in [0, 0.1) is 9.49 Å². The first-order valence-corrected chi connectivity index (χ1v) is 7.07. The van der Waals surface area contributed by atoms with E-state index in [1.165, 1.54) is 6.07 Å². The van der Waals surface area contributed by atoms with Crippen molar-refractivity contribution in [3.05, 3.63) is 27.3 Å². The van der Waals surface area contributed by atoms with Gasteiger partial charge in [0.15, 0.2) is 0 Å². The SMILES string of the molecule is CC(CBr)CNC(=O)c1cc(I)ccc1O. The molecular weight excluding hydrogens is 385 g/mol. The van der Waals surface area contributed by atoms with Crippen LogP contribution in [0.3, 0.4) is 0 Å². The Kier molecular flexibility index (Phi) is 5.54. The standard InChI is InChI=1S/C11H13BrINO2/c1-7(5-12)6-14-11(16)9-4-8(13)2-3-10(9)15/h2-4,7,15H,5-6H2,1H3,(H,14,16). The summed E-state index contributed by atoms with van der Waals surface area (Å²) in [5.74, 6) is 0.155. The Hall–Kier alpha value is -0.300. The molecule has 0 aliphatic heterocycles. The van der Waals surface area contributed by atoms with Crippen molar-refractivity contribution in [2.45, 2.75) is 6.92 Å². The van der Waals surface area contributed by atoms with Crippen molar-refractivity contribution >= 4 is 44.4 Å². The van der Waals surface area contributed by atoms with Gasteiger partial charge < -0.3 is 10.4 Å². The van der Waals surface area contributed by atoms with Crippen molar-refractivity contribution in [2.75, 3.05) is 11.9 Å². The van der Waals surface area contributed by atoms with Crippen molar-refractivity contribution in [1.82, 2.24) is 5.32 Å². The number of aromatic hydroxyl groups is 1. The number of rotatable bonds is 4. The number of phenolic OH excluding ortho intramolecular Hbond substituents is 1. The molecule has 1 amide bonds. The van der Waals surface area contributed by atoms with E-state index < -0.39 is 0 Å². The van der Waals surface area contributed by atoms with Gasteiger partial charge in [-0.25, -0.2) is 0 Å². The predicted molar refractivity (Wildman–Crippen MR) is 76.1 cm³/mol. The van der Waals surface area contributed by atoms with E-state index >= 15 is 0 Å². The minimum atomic E-state index is -0.233. The number of hydrogen-bond donors (Lipinski definition) is 2. The molecule has 0 fully saturated rings. The van der Waals surface area contributed by atoms with E-state index in [-0.39, 0.29) is 11.7 Å². The Morgan fingerprint density at radius 2 is 2.31 bits per heavy atom. The number of halogens is 2. The van der Waals surface area contributed by atoms with E-state index in [0.717, 1.165) is 8.90 Å². The van der Waals surface area contributed by atoms with Gasteiger partial charge in [-0.05, 0) is 46.7 Å². The highest BCUT2D eigenvalue weighted by Crippen LogP contribution is 2.19. The third kappa shape index (κ3) is 3.93. The average Bonchev–Trinajstić information content (AvgIpc) is 2.28. The van der Waals surface area contributed by atoms with Crippen LogP contribution in [0.5, 0.6) is 5.75 Å². The summed E-state index contributed by atoms with van der Waals surface area (Å²) >= 11 is 5.45. The fourth-order valence-corrected chi connectivity index (χ4v) is 1.83. The molecule has 1 rings (SSSR count). The smallest absolute Gasteiger partial charge is 0.255 e. The first-order chi connectivity index (χ1) is 7.54. The van der Waals surface area contributed by atoms with Gasteiger partial charge in [-0.2, -0.15) is 0 Å². The largest absolute Gasteiger partial charge is 0.507 e. The average molecular weight is 398 g/mol. The number of carbonyl (C=O) groups excluding carboxylic acids is 1. The molecule has 0 aromatic heterocycles. The maximum atomic E-state index is 11.7. The number of phenols is 1. The van der Waals surface area contributed by atoms with Gasteiger partial charge in [0.2, 0.25) is 0 Å². The summed E-state index contributed by atoms with van der Waals surface area (Å²) in [5.41, 5.74) is 0.327. The van der Waals surface area contributed by atoms with Crippen LogP contribution in [-0.4, -0.2) is 22.9 Å². The van der Waals surface area contributed by atoms with Gasteiger partial charge in [0.1, 0.15) is 5.75 Å². The number of carbonyl (C=O) groups is 1. The Morgan fingerprint density at radius 1 is 1.62 bits per heavy atom. The minimum Gasteiger partial charge on any atom is -0.507 e. The van der Waals surface area contributed by atoms with E-state index in [1.807, 2.05) is 6.92 Å². The highest BCUT2D eigenvalue weighted by atomic mass is 127. The van der Waals surface area contributed by atoms with Gasteiger partial charge in [-0.15, -0.1) is 0 Å². The van der Waals surface area contributed by atoms with Gasteiger partial charge in [0.25, 0.3) is 5.91 Å². The first kappa shape index (κ1) is 13.8. The lowest BCUT2D eigenvalue weighted by Gasteiger charge is -2.10. The summed E-state index contributed by atoms with van der Waals surface area (Å²) in [6.45, 7) is 2.62. The Balaban J connectivity index is 2.69. The molecule has 0 aliphatic rings. The molecule has 0 saturated carbocycles. The van der Waals surface area contributed by atoms with Crippen LogP contribution in [0.2, 0.25) is 0 Å². The quantitative estimate of drug-likeness (QED) is 0.606. The van der Waals surface area contributed by atoms with Crippen LogP contribution in [0.25, 0.3) is 0 Å². The van der Waals surface area contributed by atoms with Crippen LogP contribution in [-0.2, 0) is 0 Å². The van der Waals surface area contributed by atoms with Gasteiger partial charge in [0.05, 0.1) is 5.56 Å². The lowest BCUT2D eigenvalue weighted by molar-refractivity contribution is 0.0946. The summed E-state index contributed by atoms with van der Waals surface area (Å²) in [6.07, 6.45) is 0. The van der Waals surface area contributed by atoms with E-state index in [4.69, 9.17) is 0 Å². The highest BCUT2D eigenvalue weighted by molar-refractivity contribution is 14.1. The number of amides is 1. The molecule has 16 heavy (non-hydrogen) atoms. The van der Waals surface area contributed by atoms with Gasteiger partial charge in [-0.3, -0.25) is 4.79 Å². The summed E-state index contributed by atoms with van der Waals surface area (Å²) in [5, 5.41) is 13.2. The van der Waals surface area contributed by atoms with E-state index in [0.29, 0.717) is 18.0 Å². The molecule has 1 aromatic carbocycles. The second-order valence-corrected chi connectivity index (χ2v) is 5.52. The molecule has 0 saturated heterocycles. The van der Waals surface area contributed by atoms with E-state index in [1.54, 1.807) is 12.1 Å². The lowest BCUT2D eigenvalue weighted by Crippen LogP contribution is -2.28. The van der Waals surface area contributed by atoms with Crippen molar-refractivity contribution in [2.24, 2.45) is 5.92 Å². The second-order valence-electron chi connectivity index (χ2n) is 3.63. The maximum Gasteiger partial charge on any atom is 0.255 e. The molecule has 88 valence electrons. The van der Waals surface area contributed by atoms with Crippen molar-refractivity contribution < 1.29 is 9.90 Å². The monoisotopic (exact) mass is 397 g/mol. The molecule has 0 radical (unpaired) electrons. The Bertz CT molecular complexity index is 384. The molecule has 2 N–H and O–H groups in total. The molecule has 1 aromatic rings. The number of benzene rings is 1. The summed E-state index contributed by atoms with van der Waals surface area (Å²) < 4.78 is 0.925. The number of hydrogen-bond acceptors (Lipinski definition) is 2. The summed E-state index contributed by atoms with van der Waals surface area (Å²) in [4.78, 5) is 11.7. The van der Waals surface area contributed by atoms with Crippen LogP contribution in [0.15, 0.2) is 18.2 Å². The van der Waals surface area contributed by atoms with Gasteiger partial charge >= 0.3 is 0 Å². The molecule has 3 nitrogen and oxygen atoms in total. The lowest BCUT2D eigenvalue weighted by atomic mass is 10.1. The number of nitrogens with one attached hydrogen (secondary N) is 1. The van der Waals surface area contributed by atoms with Crippen LogP contribution in [0.4, 0.5) is 0 Å². The Labute approximate surface area is 117 Å². The van der Waals surface area contributed by atoms with Crippen LogP contribution in [0.1, 0.15) is 17.3 Å². The number of alkyl halides is 1. The maximum absolute atomic E-state index is 11.7. The summed E-state index contributed by atoms with van der Waals surface area (Å²) in [6, 6.07) is 4.96. The van der Waals surface area contributed by atoms with Gasteiger partial charge in [-0.1, -0.05) is 22.9 Å². The van der Waals surface area contributed by atoms with Crippen molar-refractivity contribution in [1.29, 1.82) is 0 Å². The fourth-order valence-electron chi connectivity index (χ4n) is 1.11. The molecule has 5 heteroatoms. The zero-order chi connectivity index (χ0) is 12.1. The van der Waals surface area contributed by atoms with Crippen LogP contribution >= 0.6 is 38.5 Å². The van der Waals surface area contributed by atoms with Crippen LogP contribution < -0.4 is 5.32 Å². The zero-order valence-electron chi connectivity index (χ0n) is 8.84. The molecule has 0 spiro atoms. The van der Waals surface area contributed by atoms with E-state index in [2.05, 4.69) is 43.8 Å². The van der Waals surface area contributed by atoms with E-state index in [9.17, 15) is 9.90 Å². The highest BCUT2D eigenvalue weighted by Gasteiger charge is 2.12. The molecule has 1 unspecified atom stereocenters. The van der Waals surface area contributed by atoms with Crippen molar-refractivity contribution in [3.63, 3.8) is 0 Å². The molecule has 0 heterocycles. The topological polar surface area (TPSA) is 49.3 Å². The first-order valence-electron chi connectivity index (χ1n) is 4.87. The Morgan fingerprint density at radius 3 is 2.94 bits per heavy atom.